The summed E-state index contributed by atoms with van der Waals surface area (Å²) in [6, 6.07) is 9.29. The average molecular weight is 273 g/mol. The monoisotopic (exact) mass is 273 g/mol. The molecule has 0 spiro atoms. The Bertz CT molecular complexity index is 621. The fourth-order valence-corrected chi connectivity index (χ4v) is 2.53. The highest BCUT2D eigenvalue weighted by atomic mass is 16.4. The molecule has 0 aliphatic carbocycles. The summed E-state index contributed by atoms with van der Waals surface area (Å²) in [6.45, 7) is 1.94. The number of hydrogen-bond acceptors (Lipinski definition) is 3. The van der Waals surface area contributed by atoms with E-state index in [-0.39, 0.29) is 13.0 Å². The minimum Gasteiger partial charge on any atom is -0.481 e. The molecule has 0 bridgehead atoms. The molecule has 1 aromatic heterocycles. The first-order chi connectivity index (χ1) is 9.49. The van der Waals surface area contributed by atoms with Crippen molar-refractivity contribution < 1.29 is 9.90 Å². The van der Waals surface area contributed by atoms with E-state index in [2.05, 4.69) is 5.10 Å². The Morgan fingerprint density at radius 2 is 2.10 bits per heavy atom. The van der Waals surface area contributed by atoms with Gasteiger partial charge in [-0.25, -0.2) is 0 Å². The minimum atomic E-state index is -1.14. The van der Waals surface area contributed by atoms with Crippen molar-refractivity contribution in [1.82, 2.24) is 9.78 Å². The standard InChI is InChI=1S/C15H19N3O2/c1-11-5-3-4-6-13(11)15(10-16,14(19)20)9-12-7-8-18(2)17-12/h3-8H,9-10,16H2,1-2H3,(H,19,20). The van der Waals surface area contributed by atoms with E-state index in [1.807, 2.05) is 44.3 Å². The van der Waals surface area contributed by atoms with Crippen LogP contribution in [0.1, 0.15) is 16.8 Å². The second-order valence-corrected chi connectivity index (χ2v) is 5.06. The minimum absolute atomic E-state index is 0.0315. The van der Waals surface area contributed by atoms with Crippen LogP contribution in [0.5, 0.6) is 0 Å². The van der Waals surface area contributed by atoms with E-state index in [0.717, 1.165) is 16.8 Å². The fraction of sp³-hybridized carbons (Fsp3) is 0.333. The molecule has 2 aromatic rings. The van der Waals surface area contributed by atoms with E-state index in [1.165, 1.54) is 0 Å². The summed E-state index contributed by atoms with van der Waals surface area (Å²) in [5, 5.41) is 14.0. The maximum Gasteiger partial charge on any atom is 0.315 e. The van der Waals surface area contributed by atoms with Crippen LogP contribution in [0.25, 0.3) is 0 Å². The number of nitrogens with zero attached hydrogens (tertiary/aromatic N) is 2. The highest BCUT2D eigenvalue weighted by Crippen LogP contribution is 2.30. The zero-order valence-corrected chi connectivity index (χ0v) is 11.7. The van der Waals surface area contributed by atoms with Crippen molar-refractivity contribution in [2.75, 3.05) is 6.54 Å². The van der Waals surface area contributed by atoms with Crippen molar-refractivity contribution >= 4 is 5.97 Å². The smallest absolute Gasteiger partial charge is 0.315 e. The molecule has 0 amide bonds. The molecule has 5 heteroatoms. The second-order valence-electron chi connectivity index (χ2n) is 5.06. The third-order valence-corrected chi connectivity index (χ3v) is 3.67. The van der Waals surface area contributed by atoms with Crippen molar-refractivity contribution in [3.8, 4) is 0 Å². The van der Waals surface area contributed by atoms with E-state index >= 15 is 0 Å². The van der Waals surface area contributed by atoms with Gasteiger partial charge in [0.05, 0.1) is 5.69 Å². The van der Waals surface area contributed by atoms with Gasteiger partial charge in [0.2, 0.25) is 0 Å². The molecule has 2 rings (SSSR count). The van der Waals surface area contributed by atoms with Crippen molar-refractivity contribution in [2.45, 2.75) is 18.8 Å². The number of carboxylic acid groups (broad SMARTS) is 1. The van der Waals surface area contributed by atoms with Crippen LogP contribution >= 0.6 is 0 Å². The first-order valence-electron chi connectivity index (χ1n) is 6.48. The number of rotatable bonds is 5. The van der Waals surface area contributed by atoms with Crippen LogP contribution in [0, 0.1) is 6.92 Å². The van der Waals surface area contributed by atoms with Crippen LogP contribution in [0.3, 0.4) is 0 Å². The summed E-state index contributed by atoms with van der Waals surface area (Å²) in [4.78, 5) is 11.9. The van der Waals surface area contributed by atoms with Gasteiger partial charge in [0.1, 0.15) is 5.41 Å². The number of benzene rings is 1. The predicted octanol–water partition coefficient (Wildman–Crippen LogP) is 1.25. The lowest BCUT2D eigenvalue weighted by Crippen LogP contribution is -2.45. The number of hydrogen-bond donors (Lipinski definition) is 2. The summed E-state index contributed by atoms with van der Waals surface area (Å²) in [5.41, 5.74) is 7.11. The molecule has 0 aliphatic rings. The maximum absolute atomic E-state index is 11.9. The first kappa shape index (κ1) is 14.3. The zero-order chi connectivity index (χ0) is 14.8. The van der Waals surface area contributed by atoms with E-state index in [1.54, 1.807) is 10.9 Å². The van der Waals surface area contributed by atoms with Gasteiger partial charge in [0, 0.05) is 26.2 Å². The van der Waals surface area contributed by atoms with Gasteiger partial charge in [-0.15, -0.1) is 0 Å². The fourth-order valence-electron chi connectivity index (χ4n) is 2.53. The van der Waals surface area contributed by atoms with Gasteiger partial charge in [-0.1, -0.05) is 24.3 Å². The van der Waals surface area contributed by atoms with Gasteiger partial charge >= 0.3 is 5.97 Å². The molecule has 5 nitrogen and oxygen atoms in total. The lowest BCUT2D eigenvalue weighted by molar-refractivity contribution is -0.143. The molecule has 1 heterocycles. The maximum atomic E-state index is 11.9. The normalized spacial score (nSPS) is 13.9. The first-order valence-corrected chi connectivity index (χ1v) is 6.48. The third kappa shape index (κ3) is 2.44. The summed E-state index contributed by atoms with van der Waals surface area (Å²) >= 11 is 0. The number of carbonyl (C=O) groups is 1. The third-order valence-electron chi connectivity index (χ3n) is 3.67. The van der Waals surface area contributed by atoms with Crippen molar-refractivity contribution in [3.63, 3.8) is 0 Å². The van der Waals surface area contributed by atoms with E-state index in [9.17, 15) is 9.90 Å². The number of nitrogens with two attached hydrogens (primary N) is 1. The molecule has 0 aliphatic heterocycles. The Balaban J connectivity index is 2.51. The Labute approximate surface area is 118 Å². The lowest BCUT2D eigenvalue weighted by atomic mass is 9.75. The van der Waals surface area contributed by atoms with Gasteiger partial charge < -0.3 is 10.8 Å². The van der Waals surface area contributed by atoms with E-state index in [0.29, 0.717) is 0 Å². The van der Waals surface area contributed by atoms with Gasteiger partial charge in [0.15, 0.2) is 0 Å². The van der Waals surface area contributed by atoms with Crippen LogP contribution in [0.15, 0.2) is 36.5 Å². The second kappa shape index (κ2) is 5.46. The van der Waals surface area contributed by atoms with Crippen LogP contribution in [0.4, 0.5) is 0 Å². The summed E-state index contributed by atoms with van der Waals surface area (Å²) < 4.78 is 1.66. The molecule has 3 N–H and O–H groups in total. The van der Waals surface area contributed by atoms with Crippen molar-refractivity contribution in [1.29, 1.82) is 0 Å². The molecule has 0 saturated carbocycles. The van der Waals surface area contributed by atoms with Gasteiger partial charge in [-0.05, 0) is 24.1 Å². The molecular weight excluding hydrogens is 254 g/mol. The summed E-state index contributed by atoms with van der Waals surface area (Å²) in [7, 11) is 1.81. The van der Waals surface area contributed by atoms with E-state index in [4.69, 9.17) is 5.73 Å². The Morgan fingerprint density at radius 3 is 2.60 bits per heavy atom. The molecule has 20 heavy (non-hydrogen) atoms. The number of aryl methyl sites for hydroxylation is 2. The lowest BCUT2D eigenvalue weighted by Gasteiger charge is -2.29. The van der Waals surface area contributed by atoms with Crippen LogP contribution in [-0.4, -0.2) is 27.4 Å². The number of aromatic nitrogens is 2. The molecule has 0 fully saturated rings. The number of aliphatic carboxylic acids is 1. The van der Waals surface area contributed by atoms with Gasteiger partial charge in [-0.2, -0.15) is 5.10 Å². The van der Waals surface area contributed by atoms with Crippen LogP contribution < -0.4 is 5.73 Å². The highest BCUT2D eigenvalue weighted by molar-refractivity contribution is 5.82. The van der Waals surface area contributed by atoms with Crippen molar-refractivity contribution in [3.05, 3.63) is 53.3 Å². The average Bonchev–Trinajstić information content (AvgIpc) is 2.82. The molecule has 0 saturated heterocycles. The summed E-state index contributed by atoms with van der Waals surface area (Å²) in [6.07, 6.45) is 2.08. The predicted molar refractivity (Wildman–Crippen MR) is 76.5 cm³/mol. The van der Waals surface area contributed by atoms with Crippen LogP contribution in [-0.2, 0) is 23.7 Å². The van der Waals surface area contributed by atoms with Gasteiger partial charge in [-0.3, -0.25) is 9.48 Å². The Hall–Kier alpha value is -2.14. The molecule has 106 valence electrons. The molecule has 1 atom stereocenters. The number of carboxylic acids is 1. The highest BCUT2D eigenvalue weighted by Gasteiger charge is 2.40. The zero-order valence-electron chi connectivity index (χ0n) is 11.7. The topological polar surface area (TPSA) is 81.1 Å². The summed E-state index contributed by atoms with van der Waals surface area (Å²) in [5.74, 6) is -0.917. The molecule has 1 unspecified atom stereocenters. The molecule has 1 aromatic carbocycles. The van der Waals surface area contributed by atoms with E-state index < -0.39 is 11.4 Å². The van der Waals surface area contributed by atoms with Crippen LogP contribution in [0.2, 0.25) is 0 Å². The molecule has 0 radical (unpaired) electrons. The quantitative estimate of drug-likeness (QED) is 0.859. The largest absolute Gasteiger partial charge is 0.481 e. The Kier molecular flexibility index (Phi) is 3.90. The van der Waals surface area contributed by atoms with Gasteiger partial charge in [0.25, 0.3) is 0 Å². The van der Waals surface area contributed by atoms with Crippen molar-refractivity contribution in [2.24, 2.45) is 12.8 Å². The molecular formula is C15H19N3O2. The Morgan fingerprint density at radius 1 is 1.40 bits per heavy atom. The SMILES string of the molecule is Cc1ccccc1C(CN)(Cc1ccn(C)n1)C(=O)O.